The van der Waals surface area contributed by atoms with E-state index in [2.05, 4.69) is 16.8 Å². The highest BCUT2D eigenvalue weighted by Gasteiger charge is 2.48. The number of aliphatic hydroxyl groups is 1. The van der Waals surface area contributed by atoms with E-state index in [0.29, 0.717) is 34.2 Å². The van der Waals surface area contributed by atoms with Crippen molar-refractivity contribution in [2.45, 2.75) is 26.8 Å². The summed E-state index contributed by atoms with van der Waals surface area (Å²) in [6.45, 7) is 9.86. The van der Waals surface area contributed by atoms with Crippen LogP contribution in [0.25, 0.3) is 5.76 Å². The summed E-state index contributed by atoms with van der Waals surface area (Å²) in [6.07, 6.45) is 1.62. The van der Waals surface area contributed by atoms with Crippen molar-refractivity contribution in [3.05, 3.63) is 82.4 Å². The van der Waals surface area contributed by atoms with Crippen LogP contribution < -0.4 is 14.4 Å². The molecule has 35 heavy (non-hydrogen) atoms. The van der Waals surface area contributed by atoms with E-state index < -0.39 is 17.7 Å². The molecule has 1 aliphatic heterocycles. The van der Waals surface area contributed by atoms with E-state index in [0.717, 1.165) is 5.56 Å². The first-order valence-electron chi connectivity index (χ1n) is 11.0. The van der Waals surface area contributed by atoms with Gasteiger partial charge in [0, 0.05) is 5.56 Å². The molecule has 0 saturated carbocycles. The monoisotopic (exact) mass is 491 g/mol. The van der Waals surface area contributed by atoms with Crippen molar-refractivity contribution < 1.29 is 24.2 Å². The fourth-order valence-electron chi connectivity index (χ4n) is 3.83. The Morgan fingerprint density at radius 2 is 1.86 bits per heavy atom. The predicted octanol–water partition coefficient (Wildman–Crippen LogP) is 4.74. The van der Waals surface area contributed by atoms with E-state index in [9.17, 15) is 14.7 Å². The number of amides is 1. The lowest BCUT2D eigenvalue weighted by Crippen LogP contribution is -2.29. The quantitative estimate of drug-likeness (QED) is 0.210. The number of ether oxygens (including phenoxy) is 2. The van der Waals surface area contributed by atoms with Crippen LogP contribution >= 0.6 is 11.3 Å². The number of ketones is 1. The molecule has 1 fully saturated rings. The number of aryl methyl sites for hydroxylation is 2. The molecule has 3 aromatic rings. The van der Waals surface area contributed by atoms with Crippen LogP contribution in [0.1, 0.15) is 34.7 Å². The number of carbonyl (C=O) groups is 2. The smallest absolute Gasteiger partial charge is 0.301 e. The van der Waals surface area contributed by atoms with Gasteiger partial charge in [0.15, 0.2) is 11.5 Å². The fraction of sp³-hybridized carbons (Fsp3) is 0.231. The second-order valence-corrected chi connectivity index (χ2v) is 9.04. The Labute approximate surface area is 207 Å². The maximum atomic E-state index is 13.3. The van der Waals surface area contributed by atoms with Crippen LogP contribution in [0, 0.1) is 13.8 Å². The van der Waals surface area contributed by atoms with Crippen molar-refractivity contribution in [3.8, 4) is 11.5 Å². The third-order valence-electron chi connectivity index (χ3n) is 5.43. The number of carbonyl (C=O) groups excluding carboxylic acids is 2. The first-order chi connectivity index (χ1) is 16.8. The molecular formula is C26H25N3O5S. The summed E-state index contributed by atoms with van der Waals surface area (Å²) in [5, 5.41) is 20.2. The Morgan fingerprint density at radius 1 is 1.11 bits per heavy atom. The third-order valence-corrected chi connectivity index (χ3v) is 6.27. The summed E-state index contributed by atoms with van der Waals surface area (Å²) >= 11 is 1.19. The van der Waals surface area contributed by atoms with Crippen LogP contribution in [0.5, 0.6) is 11.5 Å². The molecule has 4 rings (SSSR count). The zero-order valence-corrected chi connectivity index (χ0v) is 20.5. The molecule has 9 heteroatoms. The molecular weight excluding hydrogens is 466 g/mol. The molecule has 1 aromatic heterocycles. The van der Waals surface area contributed by atoms with Gasteiger partial charge in [-0.2, -0.15) is 0 Å². The normalized spacial score (nSPS) is 17.0. The maximum Gasteiger partial charge on any atom is 0.301 e. The highest BCUT2D eigenvalue weighted by molar-refractivity contribution is 7.15. The van der Waals surface area contributed by atoms with Crippen molar-refractivity contribution in [3.63, 3.8) is 0 Å². The average Bonchev–Trinajstić information content (AvgIpc) is 3.39. The van der Waals surface area contributed by atoms with Gasteiger partial charge in [0.1, 0.15) is 17.4 Å². The van der Waals surface area contributed by atoms with Gasteiger partial charge in [-0.15, -0.1) is 10.2 Å². The third kappa shape index (κ3) is 4.67. The maximum absolute atomic E-state index is 13.3. The first-order valence-corrected chi connectivity index (χ1v) is 11.9. The first kappa shape index (κ1) is 24.2. The Bertz CT molecular complexity index is 1310. The molecule has 2 heterocycles. The highest BCUT2D eigenvalue weighted by Crippen LogP contribution is 2.44. The van der Waals surface area contributed by atoms with Crippen LogP contribution in [0.4, 0.5) is 5.13 Å². The van der Waals surface area contributed by atoms with E-state index in [1.807, 2.05) is 26.0 Å². The number of aromatic nitrogens is 2. The number of benzene rings is 2. The van der Waals surface area contributed by atoms with Gasteiger partial charge in [-0.05, 0) is 38.5 Å². The van der Waals surface area contributed by atoms with Crippen molar-refractivity contribution in [1.82, 2.24) is 10.2 Å². The lowest BCUT2D eigenvalue weighted by molar-refractivity contribution is -0.132. The molecule has 1 saturated heterocycles. The van der Waals surface area contributed by atoms with E-state index >= 15 is 0 Å². The standard InChI is InChI=1S/C26H25N3O5S/c1-5-13-34-19-12-11-18(14-20(19)33-6-2)22-21(23(30)17-9-7-15(3)8-10-17)24(31)25(32)29(22)26-28-27-16(4)35-26/h5,7-12,14,22,30H,1,6,13H2,2-4H3. The Hall–Kier alpha value is -3.98. The van der Waals surface area contributed by atoms with E-state index in [1.54, 1.807) is 43.3 Å². The number of hydrogen-bond acceptors (Lipinski definition) is 8. The van der Waals surface area contributed by atoms with Crippen molar-refractivity contribution >= 4 is 33.9 Å². The van der Waals surface area contributed by atoms with Gasteiger partial charge < -0.3 is 14.6 Å². The van der Waals surface area contributed by atoms with Crippen molar-refractivity contribution in [1.29, 1.82) is 0 Å². The van der Waals surface area contributed by atoms with Gasteiger partial charge in [-0.1, -0.05) is 59.9 Å². The second kappa shape index (κ2) is 10.1. The summed E-state index contributed by atoms with van der Waals surface area (Å²) in [7, 11) is 0. The Balaban J connectivity index is 1.92. The van der Waals surface area contributed by atoms with Crippen LogP contribution in [-0.4, -0.2) is 40.2 Å². The number of nitrogens with zero attached hydrogens (tertiary/aromatic N) is 3. The molecule has 1 unspecified atom stereocenters. The molecule has 0 radical (unpaired) electrons. The number of rotatable bonds is 8. The highest BCUT2D eigenvalue weighted by atomic mass is 32.1. The molecule has 1 N–H and O–H groups in total. The topological polar surface area (TPSA) is 102 Å². The second-order valence-electron chi connectivity index (χ2n) is 7.88. The number of hydrogen-bond donors (Lipinski definition) is 1. The Kier molecular flexibility index (Phi) is 6.97. The number of aliphatic hydroxyl groups excluding tert-OH is 1. The lowest BCUT2D eigenvalue weighted by atomic mass is 9.95. The lowest BCUT2D eigenvalue weighted by Gasteiger charge is -2.23. The van der Waals surface area contributed by atoms with Gasteiger partial charge in [0.25, 0.3) is 5.78 Å². The molecule has 1 atom stereocenters. The predicted molar refractivity (Wildman–Crippen MR) is 134 cm³/mol. The molecule has 1 amide bonds. The largest absolute Gasteiger partial charge is 0.507 e. The van der Waals surface area contributed by atoms with E-state index in [4.69, 9.17) is 9.47 Å². The summed E-state index contributed by atoms with van der Waals surface area (Å²) in [6, 6.07) is 11.3. The fourth-order valence-corrected chi connectivity index (χ4v) is 4.54. The van der Waals surface area contributed by atoms with E-state index in [1.165, 1.54) is 16.2 Å². The van der Waals surface area contributed by atoms with Gasteiger partial charge >= 0.3 is 5.91 Å². The van der Waals surface area contributed by atoms with Gasteiger partial charge in [-0.3, -0.25) is 14.5 Å². The van der Waals surface area contributed by atoms with Crippen LogP contribution in [-0.2, 0) is 9.59 Å². The minimum atomic E-state index is -0.934. The molecule has 0 spiro atoms. The summed E-state index contributed by atoms with van der Waals surface area (Å²) in [5.74, 6) is -0.906. The van der Waals surface area contributed by atoms with Gasteiger partial charge in [0.05, 0.1) is 18.2 Å². The SMILES string of the molecule is C=CCOc1ccc(C2C(=C(O)c3ccc(C)cc3)C(=O)C(=O)N2c2nnc(C)s2)cc1OCC. The minimum absolute atomic E-state index is 0.0334. The molecule has 0 aliphatic carbocycles. The number of Topliss-reactive ketones (excluding diaryl/α,β-unsaturated/α-hetero) is 1. The molecule has 2 aromatic carbocycles. The molecule has 0 bridgehead atoms. The zero-order chi connectivity index (χ0) is 25.1. The Morgan fingerprint density at radius 3 is 2.49 bits per heavy atom. The van der Waals surface area contributed by atoms with Gasteiger partial charge in [-0.25, -0.2) is 0 Å². The molecule has 8 nitrogen and oxygen atoms in total. The van der Waals surface area contributed by atoms with Gasteiger partial charge in [0.2, 0.25) is 5.13 Å². The summed E-state index contributed by atoms with van der Waals surface area (Å²) < 4.78 is 11.5. The average molecular weight is 492 g/mol. The summed E-state index contributed by atoms with van der Waals surface area (Å²) in [4.78, 5) is 27.8. The van der Waals surface area contributed by atoms with Crippen molar-refractivity contribution in [2.75, 3.05) is 18.1 Å². The minimum Gasteiger partial charge on any atom is -0.507 e. The summed E-state index contributed by atoms with van der Waals surface area (Å²) in [5.41, 5.74) is 1.96. The number of anilines is 1. The van der Waals surface area contributed by atoms with Crippen molar-refractivity contribution in [2.24, 2.45) is 0 Å². The van der Waals surface area contributed by atoms with E-state index in [-0.39, 0.29) is 23.1 Å². The molecule has 1 aliphatic rings. The molecule has 180 valence electrons. The van der Waals surface area contributed by atoms with Crippen LogP contribution in [0.2, 0.25) is 0 Å². The van der Waals surface area contributed by atoms with Crippen LogP contribution in [0.3, 0.4) is 0 Å². The van der Waals surface area contributed by atoms with Crippen LogP contribution in [0.15, 0.2) is 60.7 Å². The zero-order valence-electron chi connectivity index (χ0n) is 19.6.